The molecule has 0 radical (unpaired) electrons. The van der Waals surface area contributed by atoms with Gasteiger partial charge in [0.2, 0.25) is 5.91 Å². The summed E-state index contributed by atoms with van der Waals surface area (Å²) in [6.07, 6.45) is 2.91. The van der Waals surface area contributed by atoms with E-state index in [-0.39, 0.29) is 24.7 Å². The van der Waals surface area contributed by atoms with Crippen LogP contribution in [0.15, 0.2) is 35.0 Å². The third-order valence-corrected chi connectivity index (χ3v) is 6.44. The van der Waals surface area contributed by atoms with Gasteiger partial charge >= 0.3 is 0 Å². The van der Waals surface area contributed by atoms with Gasteiger partial charge in [0.15, 0.2) is 0 Å². The summed E-state index contributed by atoms with van der Waals surface area (Å²) in [5.41, 5.74) is 3.48. The summed E-state index contributed by atoms with van der Waals surface area (Å²) >= 11 is 1.66. The second-order valence-corrected chi connectivity index (χ2v) is 8.64. The molecular formula is C22H28N2O3S. The van der Waals surface area contributed by atoms with Crippen LogP contribution < -0.4 is 4.74 Å². The molecule has 28 heavy (non-hydrogen) atoms. The van der Waals surface area contributed by atoms with Crippen molar-refractivity contribution in [3.63, 3.8) is 0 Å². The van der Waals surface area contributed by atoms with Crippen molar-refractivity contribution in [1.29, 1.82) is 0 Å². The fraction of sp³-hybridized carbons (Fsp3) is 0.500. The van der Waals surface area contributed by atoms with Crippen LogP contribution in [0.3, 0.4) is 0 Å². The van der Waals surface area contributed by atoms with Gasteiger partial charge in [-0.25, -0.2) is 0 Å². The Balaban J connectivity index is 1.55. The van der Waals surface area contributed by atoms with E-state index in [4.69, 9.17) is 4.74 Å². The maximum absolute atomic E-state index is 13.1. The van der Waals surface area contributed by atoms with Gasteiger partial charge in [0.25, 0.3) is 0 Å². The zero-order chi connectivity index (χ0) is 19.5. The minimum Gasteiger partial charge on any atom is -0.484 e. The molecule has 0 saturated carbocycles. The SMILES string of the molecule is Cc1ccc2c(c1)CN(CC(=O)N1CCCCC1CO)CC(c1ccsc1)O2. The van der Waals surface area contributed by atoms with Crippen LogP contribution in [0.4, 0.5) is 0 Å². The second-order valence-electron chi connectivity index (χ2n) is 7.86. The fourth-order valence-corrected chi connectivity index (χ4v) is 4.93. The lowest BCUT2D eigenvalue weighted by Crippen LogP contribution is -2.49. The highest BCUT2D eigenvalue weighted by Crippen LogP contribution is 2.32. The summed E-state index contributed by atoms with van der Waals surface area (Å²) in [6.45, 7) is 4.60. The molecule has 1 saturated heterocycles. The van der Waals surface area contributed by atoms with E-state index in [1.165, 1.54) is 5.56 Å². The smallest absolute Gasteiger partial charge is 0.237 e. The van der Waals surface area contributed by atoms with Crippen LogP contribution in [0.1, 0.15) is 42.1 Å². The number of hydrogen-bond acceptors (Lipinski definition) is 5. The predicted octanol–water partition coefficient (Wildman–Crippen LogP) is 3.37. The minimum atomic E-state index is -0.0852. The Hall–Kier alpha value is -1.89. The minimum absolute atomic E-state index is 0.0355. The molecule has 6 heteroatoms. The lowest BCUT2D eigenvalue weighted by molar-refractivity contribution is -0.137. The van der Waals surface area contributed by atoms with Gasteiger partial charge in [0.05, 0.1) is 19.2 Å². The van der Waals surface area contributed by atoms with Gasteiger partial charge in [0, 0.05) is 30.8 Å². The number of carbonyl (C=O) groups excluding carboxylic acids is 1. The molecule has 1 amide bonds. The molecule has 2 aliphatic heterocycles. The lowest BCUT2D eigenvalue weighted by atomic mass is 10.0. The van der Waals surface area contributed by atoms with Crippen molar-refractivity contribution in [1.82, 2.24) is 9.80 Å². The van der Waals surface area contributed by atoms with Gasteiger partial charge in [-0.2, -0.15) is 11.3 Å². The summed E-state index contributed by atoms with van der Waals surface area (Å²) in [5.74, 6) is 1.02. The Kier molecular flexibility index (Phi) is 5.99. The number of rotatable bonds is 4. The Labute approximate surface area is 170 Å². The largest absolute Gasteiger partial charge is 0.484 e. The van der Waals surface area contributed by atoms with E-state index in [0.717, 1.165) is 42.7 Å². The van der Waals surface area contributed by atoms with Gasteiger partial charge in [-0.15, -0.1) is 0 Å². The summed E-state index contributed by atoms with van der Waals surface area (Å²) in [5, 5.41) is 13.8. The molecule has 2 aromatic rings. The summed E-state index contributed by atoms with van der Waals surface area (Å²) < 4.78 is 6.36. The first-order chi connectivity index (χ1) is 13.6. The van der Waals surface area contributed by atoms with Gasteiger partial charge in [-0.3, -0.25) is 9.69 Å². The number of hydrogen-bond donors (Lipinski definition) is 1. The topological polar surface area (TPSA) is 53.0 Å². The zero-order valence-electron chi connectivity index (χ0n) is 16.3. The molecule has 0 aliphatic carbocycles. The number of fused-ring (bicyclic) bond motifs is 1. The van der Waals surface area contributed by atoms with E-state index in [0.29, 0.717) is 19.6 Å². The van der Waals surface area contributed by atoms with E-state index >= 15 is 0 Å². The number of aliphatic hydroxyl groups excluding tert-OH is 1. The first kappa shape index (κ1) is 19.4. The summed E-state index contributed by atoms with van der Waals surface area (Å²) in [6, 6.07) is 8.33. The second kappa shape index (κ2) is 8.64. The predicted molar refractivity (Wildman–Crippen MR) is 111 cm³/mol. The third kappa shape index (κ3) is 4.24. The zero-order valence-corrected chi connectivity index (χ0v) is 17.2. The molecule has 1 N–H and O–H groups in total. The van der Waals surface area contributed by atoms with E-state index in [2.05, 4.69) is 40.8 Å². The Morgan fingerprint density at radius 1 is 1.32 bits per heavy atom. The highest BCUT2D eigenvalue weighted by molar-refractivity contribution is 7.07. The number of thiophene rings is 1. The Morgan fingerprint density at radius 2 is 2.21 bits per heavy atom. The molecule has 2 atom stereocenters. The Morgan fingerprint density at radius 3 is 3.00 bits per heavy atom. The van der Waals surface area contributed by atoms with Crippen molar-refractivity contribution in [2.45, 2.75) is 44.9 Å². The van der Waals surface area contributed by atoms with Crippen LogP contribution in [0.25, 0.3) is 0 Å². The summed E-state index contributed by atoms with van der Waals surface area (Å²) in [4.78, 5) is 17.1. The Bertz CT molecular complexity index is 808. The third-order valence-electron chi connectivity index (χ3n) is 5.74. The molecule has 3 heterocycles. The molecule has 1 fully saturated rings. The van der Waals surface area contributed by atoms with Gasteiger partial charge in [0.1, 0.15) is 11.9 Å². The van der Waals surface area contributed by atoms with Crippen LogP contribution in [0.2, 0.25) is 0 Å². The highest BCUT2D eigenvalue weighted by Gasteiger charge is 2.30. The summed E-state index contributed by atoms with van der Waals surface area (Å²) in [7, 11) is 0. The van der Waals surface area contributed by atoms with Crippen molar-refractivity contribution in [3.8, 4) is 5.75 Å². The molecule has 0 spiro atoms. The maximum Gasteiger partial charge on any atom is 0.237 e. The van der Waals surface area contributed by atoms with Crippen LogP contribution >= 0.6 is 11.3 Å². The number of carbonyl (C=O) groups is 1. The van der Waals surface area contributed by atoms with E-state index in [9.17, 15) is 9.90 Å². The highest BCUT2D eigenvalue weighted by atomic mass is 32.1. The van der Waals surface area contributed by atoms with Gasteiger partial charge in [-0.05, 0) is 49.1 Å². The number of ether oxygens (including phenoxy) is 1. The van der Waals surface area contributed by atoms with Crippen molar-refractivity contribution in [2.75, 3.05) is 26.2 Å². The van der Waals surface area contributed by atoms with Crippen LogP contribution in [-0.4, -0.2) is 53.1 Å². The molecule has 1 aromatic heterocycles. The van der Waals surface area contributed by atoms with Crippen LogP contribution in [0, 0.1) is 6.92 Å². The number of nitrogens with zero attached hydrogens (tertiary/aromatic N) is 2. The quantitative estimate of drug-likeness (QED) is 0.855. The fourth-order valence-electron chi connectivity index (χ4n) is 4.23. The number of aryl methyl sites for hydroxylation is 1. The average molecular weight is 401 g/mol. The van der Waals surface area contributed by atoms with E-state index in [1.54, 1.807) is 11.3 Å². The number of benzene rings is 1. The van der Waals surface area contributed by atoms with Crippen LogP contribution in [-0.2, 0) is 11.3 Å². The maximum atomic E-state index is 13.1. The normalized spacial score (nSPS) is 23.0. The van der Waals surface area contributed by atoms with Crippen LogP contribution in [0.5, 0.6) is 5.75 Å². The standard InChI is InChI=1S/C22H28N2O3S/c1-16-5-6-20-18(10-16)11-23(12-21(27-20)17-7-9-28-15-17)13-22(26)24-8-3-2-4-19(24)14-25/h5-7,9-10,15,19,21,25H,2-4,8,11-14H2,1H3. The molecule has 5 nitrogen and oxygen atoms in total. The van der Waals surface area contributed by atoms with Gasteiger partial charge < -0.3 is 14.7 Å². The lowest BCUT2D eigenvalue weighted by Gasteiger charge is -2.36. The molecule has 2 unspecified atom stereocenters. The molecule has 150 valence electrons. The first-order valence-corrected chi connectivity index (χ1v) is 11.0. The number of likely N-dealkylation sites (tertiary alicyclic amines) is 1. The van der Waals surface area contributed by atoms with E-state index in [1.807, 2.05) is 11.0 Å². The van der Waals surface area contributed by atoms with E-state index < -0.39 is 0 Å². The van der Waals surface area contributed by atoms with Crippen molar-refractivity contribution >= 4 is 17.2 Å². The average Bonchev–Trinajstić information content (AvgIpc) is 3.18. The van der Waals surface area contributed by atoms with Crippen molar-refractivity contribution < 1.29 is 14.6 Å². The number of amides is 1. The molecule has 4 rings (SSSR count). The van der Waals surface area contributed by atoms with Gasteiger partial charge in [-0.1, -0.05) is 17.7 Å². The molecule has 0 bridgehead atoms. The molecule has 2 aliphatic rings. The van der Waals surface area contributed by atoms with Crippen molar-refractivity contribution in [2.24, 2.45) is 0 Å². The monoisotopic (exact) mass is 400 g/mol. The van der Waals surface area contributed by atoms with Crippen molar-refractivity contribution in [3.05, 3.63) is 51.7 Å². The first-order valence-electron chi connectivity index (χ1n) is 10.0. The number of aliphatic hydroxyl groups is 1. The molecule has 1 aromatic carbocycles. The molecular weight excluding hydrogens is 372 g/mol. The number of piperidine rings is 1.